The summed E-state index contributed by atoms with van der Waals surface area (Å²) in [5, 5.41) is 16.3. The van der Waals surface area contributed by atoms with Gasteiger partial charge in [0.2, 0.25) is 5.69 Å². The van der Waals surface area contributed by atoms with Crippen LogP contribution in [0, 0.1) is 11.0 Å². The largest absolute Gasteiger partial charge is 0.618 e. The molecule has 3 aromatic carbocycles. The quantitative estimate of drug-likeness (QED) is 0.143. The molecule has 0 aliphatic rings. The maximum Gasteiger partial charge on any atom is 0.411 e. The second-order valence-electron chi connectivity index (χ2n) is 9.46. The van der Waals surface area contributed by atoms with Crippen molar-refractivity contribution >= 4 is 23.4 Å². The number of aromatic nitrogens is 3. The van der Waals surface area contributed by atoms with Crippen molar-refractivity contribution in [1.82, 2.24) is 9.97 Å². The van der Waals surface area contributed by atoms with E-state index in [9.17, 15) is 23.2 Å². The van der Waals surface area contributed by atoms with Gasteiger partial charge in [0, 0.05) is 27.9 Å². The number of aromatic amines is 1. The second kappa shape index (κ2) is 12.4. The minimum Gasteiger partial charge on any atom is -0.618 e. The SMILES string of the molecule is COC(=O)Nc1ccc(-c2cnc(C(Cc3ccc(F)cc3)c3ccc(-c4cc(Cl)ccc4C(F)F)c[n+]3[O-])[nH]2)cc1. The van der Waals surface area contributed by atoms with E-state index in [0.29, 0.717) is 34.1 Å². The molecule has 214 valence electrons. The highest BCUT2D eigenvalue weighted by Crippen LogP contribution is 2.34. The van der Waals surface area contributed by atoms with Crippen molar-refractivity contribution in [3.63, 3.8) is 0 Å². The Morgan fingerprint density at radius 3 is 2.43 bits per heavy atom. The van der Waals surface area contributed by atoms with Crippen molar-refractivity contribution in [1.29, 1.82) is 0 Å². The van der Waals surface area contributed by atoms with Gasteiger partial charge in [-0.2, -0.15) is 4.73 Å². The zero-order valence-electron chi connectivity index (χ0n) is 22.2. The summed E-state index contributed by atoms with van der Waals surface area (Å²) >= 11 is 6.07. The van der Waals surface area contributed by atoms with Crippen LogP contribution in [0.3, 0.4) is 0 Å². The number of hydrogen-bond acceptors (Lipinski definition) is 4. The van der Waals surface area contributed by atoms with E-state index in [2.05, 4.69) is 20.0 Å². The Balaban J connectivity index is 1.51. The van der Waals surface area contributed by atoms with Crippen LogP contribution in [-0.4, -0.2) is 23.2 Å². The van der Waals surface area contributed by atoms with E-state index >= 15 is 0 Å². The molecule has 1 atom stereocenters. The number of anilines is 1. The number of H-pyrrole nitrogens is 1. The van der Waals surface area contributed by atoms with Crippen molar-refractivity contribution in [2.24, 2.45) is 0 Å². The van der Waals surface area contributed by atoms with Crippen LogP contribution in [0.5, 0.6) is 0 Å². The monoisotopic (exact) mass is 592 g/mol. The molecule has 2 aromatic heterocycles. The highest BCUT2D eigenvalue weighted by Gasteiger charge is 2.27. The predicted molar refractivity (Wildman–Crippen MR) is 153 cm³/mol. The summed E-state index contributed by atoms with van der Waals surface area (Å²) in [5.74, 6) is -0.510. The molecule has 0 fully saturated rings. The van der Waals surface area contributed by atoms with Gasteiger partial charge < -0.3 is 14.9 Å². The Labute approximate surface area is 244 Å². The first-order chi connectivity index (χ1) is 20.2. The Morgan fingerprint density at radius 2 is 1.76 bits per heavy atom. The van der Waals surface area contributed by atoms with Crippen molar-refractivity contribution in [3.05, 3.63) is 130 Å². The van der Waals surface area contributed by atoms with Crippen LogP contribution in [-0.2, 0) is 11.2 Å². The maximum atomic E-state index is 13.7. The van der Waals surface area contributed by atoms with Crippen molar-refractivity contribution in [2.75, 3.05) is 12.4 Å². The fourth-order valence-corrected chi connectivity index (χ4v) is 4.82. The molecule has 0 bridgehead atoms. The molecule has 5 rings (SSSR count). The number of rotatable bonds is 8. The highest BCUT2D eigenvalue weighted by atomic mass is 35.5. The molecule has 5 aromatic rings. The van der Waals surface area contributed by atoms with E-state index in [1.165, 1.54) is 43.6 Å². The van der Waals surface area contributed by atoms with Crippen LogP contribution in [0.2, 0.25) is 5.02 Å². The number of nitrogens with zero attached hydrogens (tertiary/aromatic N) is 2. The molecule has 2 heterocycles. The van der Waals surface area contributed by atoms with E-state index < -0.39 is 18.4 Å². The molecular weight excluding hydrogens is 569 g/mol. The summed E-state index contributed by atoms with van der Waals surface area (Å²) in [6.07, 6.45) is -0.180. The number of nitrogens with one attached hydrogen (secondary N) is 2. The van der Waals surface area contributed by atoms with E-state index in [1.807, 2.05) is 0 Å². The average Bonchev–Trinajstić information content (AvgIpc) is 3.47. The van der Waals surface area contributed by atoms with Crippen LogP contribution < -0.4 is 10.0 Å². The third-order valence-electron chi connectivity index (χ3n) is 6.77. The van der Waals surface area contributed by atoms with Crippen molar-refractivity contribution < 1.29 is 27.4 Å². The van der Waals surface area contributed by atoms with Gasteiger partial charge in [-0.3, -0.25) is 5.32 Å². The van der Waals surface area contributed by atoms with Gasteiger partial charge in [-0.15, -0.1) is 0 Å². The van der Waals surface area contributed by atoms with E-state index in [1.54, 1.807) is 54.7 Å². The number of carbonyl (C=O) groups excluding carboxylic acids is 1. The van der Waals surface area contributed by atoms with Crippen LogP contribution in [0.1, 0.15) is 35.0 Å². The lowest BCUT2D eigenvalue weighted by Crippen LogP contribution is -2.34. The normalized spacial score (nSPS) is 11.9. The average molecular weight is 593 g/mol. The number of methoxy groups -OCH3 is 1. The molecule has 2 N–H and O–H groups in total. The number of amides is 1. The molecule has 0 spiro atoms. The molecule has 7 nitrogen and oxygen atoms in total. The summed E-state index contributed by atoms with van der Waals surface area (Å²) < 4.78 is 46.2. The van der Waals surface area contributed by atoms with Gasteiger partial charge >= 0.3 is 6.09 Å². The van der Waals surface area contributed by atoms with Gasteiger partial charge in [-0.1, -0.05) is 41.9 Å². The number of pyridine rings is 1. The Kier molecular flexibility index (Phi) is 8.44. The zero-order valence-corrected chi connectivity index (χ0v) is 22.9. The standard InChI is InChI=1S/C31H24ClF3N4O3/c1-42-31(40)37-23-10-4-19(5-11-23)27-16-36-30(38-27)26(14-18-2-8-22(33)9-3-18)28-13-6-20(17-39(28)41)25-15-21(32)7-12-24(25)29(34)35/h2-13,15-17,26,29H,14H2,1H3,(H,36,38)(H,37,40). The molecule has 0 saturated heterocycles. The van der Waals surface area contributed by atoms with Crippen LogP contribution >= 0.6 is 11.6 Å². The summed E-state index contributed by atoms with van der Waals surface area (Å²) in [7, 11) is 1.27. The van der Waals surface area contributed by atoms with Crippen molar-refractivity contribution in [2.45, 2.75) is 18.8 Å². The fourth-order valence-electron chi connectivity index (χ4n) is 4.65. The topological polar surface area (TPSA) is 93.9 Å². The third kappa shape index (κ3) is 6.39. The van der Waals surface area contributed by atoms with Crippen LogP contribution in [0.15, 0.2) is 91.3 Å². The number of carbonyl (C=O) groups is 1. The van der Waals surface area contributed by atoms with Crippen molar-refractivity contribution in [3.8, 4) is 22.4 Å². The molecule has 0 aliphatic carbocycles. The Morgan fingerprint density at radius 1 is 1.05 bits per heavy atom. The number of hydrogen-bond donors (Lipinski definition) is 2. The molecule has 11 heteroatoms. The van der Waals surface area contributed by atoms with Gasteiger partial charge in [0.1, 0.15) is 17.6 Å². The highest BCUT2D eigenvalue weighted by molar-refractivity contribution is 6.30. The molecular formula is C31H24ClF3N4O3. The molecule has 0 aliphatic heterocycles. The smallest absolute Gasteiger partial charge is 0.411 e. The number of ether oxygens (including phenoxy) is 1. The molecule has 0 radical (unpaired) electrons. The number of alkyl halides is 2. The first-order valence-electron chi connectivity index (χ1n) is 12.8. The van der Waals surface area contributed by atoms with Gasteiger partial charge in [0.25, 0.3) is 6.43 Å². The Hall–Kier alpha value is -4.83. The second-order valence-corrected chi connectivity index (χ2v) is 9.90. The maximum absolute atomic E-state index is 13.7. The Bertz CT molecular complexity index is 1710. The van der Waals surface area contributed by atoms with Crippen LogP contribution in [0.25, 0.3) is 22.4 Å². The first-order valence-corrected chi connectivity index (χ1v) is 13.2. The first kappa shape index (κ1) is 28.7. The third-order valence-corrected chi connectivity index (χ3v) is 7.00. The number of imidazole rings is 1. The minimum atomic E-state index is -2.75. The van der Waals surface area contributed by atoms with E-state index in [-0.39, 0.29) is 27.5 Å². The van der Waals surface area contributed by atoms with E-state index in [4.69, 9.17) is 11.6 Å². The summed E-state index contributed by atoms with van der Waals surface area (Å²) in [5.41, 5.74) is 3.25. The van der Waals surface area contributed by atoms with Gasteiger partial charge in [-0.05, 0) is 65.6 Å². The zero-order chi connectivity index (χ0) is 29.8. The minimum absolute atomic E-state index is 0.161. The summed E-state index contributed by atoms with van der Waals surface area (Å²) in [6.45, 7) is 0. The summed E-state index contributed by atoms with van der Waals surface area (Å²) in [4.78, 5) is 19.3. The van der Waals surface area contributed by atoms with Gasteiger partial charge in [-0.25, -0.2) is 22.9 Å². The lowest BCUT2D eigenvalue weighted by molar-refractivity contribution is -0.614. The fraction of sp³-hybridized carbons (Fsp3) is 0.129. The van der Waals surface area contributed by atoms with E-state index in [0.717, 1.165) is 11.1 Å². The summed E-state index contributed by atoms with van der Waals surface area (Å²) in [6, 6.07) is 20.1. The molecule has 0 saturated carbocycles. The van der Waals surface area contributed by atoms with Gasteiger partial charge in [0.05, 0.1) is 19.0 Å². The number of halogens is 4. The molecule has 42 heavy (non-hydrogen) atoms. The predicted octanol–water partition coefficient (Wildman–Crippen LogP) is 7.66. The lowest BCUT2D eigenvalue weighted by Gasteiger charge is -2.16. The molecule has 1 amide bonds. The molecule has 1 unspecified atom stereocenters. The van der Waals surface area contributed by atoms with Crippen LogP contribution in [0.4, 0.5) is 23.7 Å². The number of benzene rings is 3. The lowest BCUT2D eigenvalue weighted by atomic mass is 9.93. The van der Waals surface area contributed by atoms with Gasteiger partial charge in [0.15, 0.2) is 6.20 Å².